The van der Waals surface area contributed by atoms with Gasteiger partial charge >= 0.3 is 0 Å². The molecule has 2 rings (SSSR count). The molecule has 1 aliphatic rings. The quantitative estimate of drug-likeness (QED) is 0.625. The lowest BCUT2D eigenvalue weighted by atomic mass is 10.0. The summed E-state index contributed by atoms with van der Waals surface area (Å²) in [6.45, 7) is 7.52. The number of nitro groups is 1. The first-order valence-corrected chi connectivity index (χ1v) is 9.68. The fourth-order valence-corrected chi connectivity index (χ4v) is 4.42. The molecule has 1 aromatic rings. The minimum atomic E-state index is -3.70. The largest absolute Gasteiger partial charge is 0.379 e. The van der Waals surface area contributed by atoms with Gasteiger partial charge < -0.3 is 5.32 Å². The first-order chi connectivity index (χ1) is 11.2. The van der Waals surface area contributed by atoms with Gasteiger partial charge in [0.2, 0.25) is 10.0 Å². The molecule has 1 aliphatic heterocycles. The summed E-state index contributed by atoms with van der Waals surface area (Å²) in [5, 5.41) is 14.3. The molecule has 0 radical (unpaired) electrons. The maximum Gasteiger partial charge on any atom is 0.293 e. The highest BCUT2D eigenvalue weighted by molar-refractivity contribution is 7.89. The van der Waals surface area contributed by atoms with Gasteiger partial charge in [-0.3, -0.25) is 10.1 Å². The van der Waals surface area contributed by atoms with Crippen LogP contribution in [0.15, 0.2) is 23.1 Å². The van der Waals surface area contributed by atoms with Crippen LogP contribution in [0, 0.1) is 22.0 Å². The zero-order chi connectivity index (χ0) is 17.9. The number of anilines is 1. The molecule has 1 heterocycles. The lowest BCUT2D eigenvalue weighted by molar-refractivity contribution is -0.384. The van der Waals surface area contributed by atoms with Gasteiger partial charge in [-0.1, -0.05) is 20.8 Å². The summed E-state index contributed by atoms with van der Waals surface area (Å²) in [4.78, 5) is 10.8. The van der Waals surface area contributed by atoms with Crippen molar-refractivity contribution in [1.29, 1.82) is 0 Å². The molecule has 7 nitrogen and oxygen atoms in total. The molecule has 0 bridgehead atoms. The summed E-state index contributed by atoms with van der Waals surface area (Å²) in [5.41, 5.74) is 0.140. The van der Waals surface area contributed by atoms with Crippen molar-refractivity contribution in [3.8, 4) is 0 Å². The molecule has 1 aromatic carbocycles. The van der Waals surface area contributed by atoms with Crippen LogP contribution in [0.4, 0.5) is 11.4 Å². The minimum Gasteiger partial charge on any atom is -0.379 e. The molecule has 8 heteroatoms. The maximum absolute atomic E-state index is 12.8. The average molecular weight is 355 g/mol. The zero-order valence-corrected chi connectivity index (χ0v) is 15.2. The molecule has 1 fully saturated rings. The van der Waals surface area contributed by atoms with Gasteiger partial charge in [-0.05, 0) is 36.8 Å². The third kappa shape index (κ3) is 4.24. The van der Waals surface area contributed by atoms with Crippen LogP contribution < -0.4 is 5.32 Å². The Balaban J connectivity index is 2.33. The number of piperidine rings is 1. The molecule has 0 saturated carbocycles. The van der Waals surface area contributed by atoms with E-state index in [1.165, 1.54) is 16.4 Å². The van der Waals surface area contributed by atoms with E-state index >= 15 is 0 Å². The molecule has 24 heavy (non-hydrogen) atoms. The summed E-state index contributed by atoms with van der Waals surface area (Å²) in [7, 11) is -3.70. The van der Waals surface area contributed by atoms with Crippen molar-refractivity contribution in [1.82, 2.24) is 4.31 Å². The Bertz CT molecular complexity index is 703. The van der Waals surface area contributed by atoms with Crippen LogP contribution in [-0.2, 0) is 10.0 Å². The average Bonchev–Trinajstić information content (AvgIpc) is 2.52. The van der Waals surface area contributed by atoms with Gasteiger partial charge in [-0.15, -0.1) is 0 Å². The van der Waals surface area contributed by atoms with Gasteiger partial charge in [0.1, 0.15) is 5.69 Å². The number of sulfonamides is 1. The molecule has 0 unspecified atom stereocenters. The fourth-order valence-electron chi connectivity index (χ4n) is 2.80. The van der Waals surface area contributed by atoms with E-state index in [4.69, 9.17) is 0 Å². The van der Waals surface area contributed by atoms with Crippen molar-refractivity contribution >= 4 is 21.4 Å². The SMILES string of the molecule is CC(C)CNc1ccc(S(=O)(=O)N2CCC[C@H](C)C2)cc1[N+](=O)[O-]. The number of hydrogen-bond acceptors (Lipinski definition) is 5. The van der Waals surface area contributed by atoms with E-state index in [0.717, 1.165) is 18.9 Å². The van der Waals surface area contributed by atoms with Gasteiger partial charge in [-0.2, -0.15) is 4.31 Å². The van der Waals surface area contributed by atoms with E-state index in [0.29, 0.717) is 37.2 Å². The Morgan fingerprint density at radius 1 is 1.42 bits per heavy atom. The Kier molecular flexibility index (Phi) is 5.82. The monoisotopic (exact) mass is 355 g/mol. The Hall–Kier alpha value is -1.67. The number of hydrogen-bond donors (Lipinski definition) is 1. The summed E-state index contributed by atoms with van der Waals surface area (Å²) >= 11 is 0. The second-order valence-corrected chi connectivity index (χ2v) is 8.76. The second kappa shape index (κ2) is 7.48. The second-order valence-electron chi connectivity index (χ2n) is 6.82. The lowest BCUT2D eigenvalue weighted by Crippen LogP contribution is -2.39. The van der Waals surface area contributed by atoms with Crippen molar-refractivity contribution < 1.29 is 13.3 Å². The fraction of sp³-hybridized carbons (Fsp3) is 0.625. The lowest BCUT2D eigenvalue weighted by Gasteiger charge is -2.30. The van der Waals surface area contributed by atoms with Crippen LogP contribution in [0.3, 0.4) is 0 Å². The molecular formula is C16H25N3O4S. The normalized spacial score (nSPS) is 19.4. The minimum absolute atomic E-state index is 0.0154. The predicted octanol–water partition coefficient (Wildman–Crippen LogP) is 3.08. The topological polar surface area (TPSA) is 92.6 Å². The van der Waals surface area contributed by atoms with Crippen molar-refractivity contribution in [2.45, 2.75) is 38.5 Å². The first-order valence-electron chi connectivity index (χ1n) is 8.24. The van der Waals surface area contributed by atoms with Gasteiger partial charge in [-0.25, -0.2) is 8.42 Å². The van der Waals surface area contributed by atoms with Crippen molar-refractivity contribution in [3.63, 3.8) is 0 Å². The molecule has 1 saturated heterocycles. The third-order valence-corrected chi connectivity index (χ3v) is 5.99. The molecule has 0 amide bonds. The van der Waals surface area contributed by atoms with E-state index in [9.17, 15) is 18.5 Å². The van der Waals surface area contributed by atoms with E-state index in [2.05, 4.69) is 5.32 Å². The van der Waals surface area contributed by atoms with Gasteiger partial charge in [0.25, 0.3) is 5.69 Å². The molecular weight excluding hydrogens is 330 g/mol. The van der Waals surface area contributed by atoms with Crippen LogP contribution in [-0.4, -0.2) is 37.3 Å². The van der Waals surface area contributed by atoms with Gasteiger partial charge in [0.05, 0.1) is 9.82 Å². The van der Waals surface area contributed by atoms with Gasteiger partial charge in [0.15, 0.2) is 0 Å². The van der Waals surface area contributed by atoms with Crippen molar-refractivity contribution in [3.05, 3.63) is 28.3 Å². The van der Waals surface area contributed by atoms with E-state index in [-0.39, 0.29) is 10.6 Å². The highest BCUT2D eigenvalue weighted by atomic mass is 32.2. The Morgan fingerprint density at radius 2 is 2.12 bits per heavy atom. The van der Waals surface area contributed by atoms with E-state index in [1.54, 1.807) is 0 Å². The van der Waals surface area contributed by atoms with Gasteiger partial charge in [0, 0.05) is 25.7 Å². The molecule has 0 aliphatic carbocycles. The summed E-state index contributed by atoms with van der Waals surface area (Å²) < 4.78 is 27.0. The number of nitro benzene ring substituents is 1. The third-order valence-electron chi connectivity index (χ3n) is 4.12. The highest BCUT2D eigenvalue weighted by Crippen LogP contribution is 2.30. The zero-order valence-electron chi connectivity index (χ0n) is 14.4. The van der Waals surface area contributed by atoms with E-state index < -0.39 is 14.9 Å². The summed E-state index contributed by atoms with van der Waals surface area (Å²) in [5.74, 6) is 0.623. The van der Waals surface area contributed by atoms with E-state index in [1.807, 2.05) is 20.8 Å². The summed E-state index contributed by atoms with van der Waals surface area (Å²) in [6, 6.07) is 4.10. The smallest absolute Gasteiger partial charge is 0.293 e. The van der Waals surface area contributed by atoms with Crippen LogP contribution >= 0.6 is 0 Å². The highest BCUT2D eigenvalue weighted by Gasteiger charge is 2.30. The Labute approximate surface area is 143 Å². The number of nitrogens with zero attached hydrogens (tertiary/aromatic N) is 2. The number of rotatable bonds is 6. The number of benzene rings is 1. The first kappa shape index (κ1) is 18.7. The van der Waals surface area contributed by atoms with Crippen molar-refractivity contribution in [2.75, 3.05) is 25.0 Å². The molecule has 134 valence electrons. The molecule has 1 N–H and O–H groups in total. The summed E-state index contributed by atoms with van der Waals surface area (Å²) in [6.07, 6.45) is 1.82. The standard InChI is InChI=1S/C16H25N3O4S/c1-12(2)10-17-15-7-6-14(9-16(15)19(20)21)24(22,23)18-8-4-5-13(3)11-18/h6-7,9,12-13,17H,4-5,8,10-11H2,1-3H3/t13-/m0/s1. The van der Waals surface area contributed by atoms with Crippen LogP contribution in [0.2, 0.25) is 0 Å². The maximum atomic E-state index is 12.8. The predicted molar refractivity (Wildman–Crippen MR) is 93.6 cm³/mol. The van der Waals surface area contributed by atoms with Crippen molar-refractivity contribution in [2.24, 2.45) is 11.8 Å². The molecule has 0 aromatic heterocycles. The van der Waals surface area contributed by atoms with Crippen LogP contribution in [0.25, 0.3) is 0 Å². The number of nitrogens with one attached hydrogen (secondary N) is 1. The Morgan fingerprint density at radius 3 is 2.71 bits per heavy atom. The van der Waals surface area contributed by atoms with Crippen LogP contribution in [0.5, 0.6) is 0 Å². The molecule has 1 atom stereocenters. The molecule has 0 spiro atoms. The van der Waals surface area contributed by atoms with Crippen LogP contribution in [0.1, 0.15) is 33.6 Å².